The van der Waals surface area contributed by atoms with Crippen molar-refractivity contribution in [3.05, 3.63) is 64.9 Å². The molecule has 3 aromatic rings. The summed E-state index contributed by atoms with van der Waals surface area (Å²) in [5.41, 5.74) is 1.55. The minimum atomic E-state index is -0.921. The first kappa shape index (κ1) is 16.1. The molecule has 0 aliphatic carbocycles. The van der Waals surface area contributed by atoms with Crippen molar-refractivity contribution in [2.24, 2.45) is 0 Å². The number of aliphatic hydroxyl groups is 1. The summed E-state index contributed by atoms with van der Waals surface area (Å²) in [5.74, 6) is 0.215. The van der Waals surface area contributed by atoms with Crippen LogP contribution in [0.15, 0.2) is 48.5 Å². The molecule has 1 fully saturated rings. The average Bonchev–Trinajstić information content (AvgIpc) is 3.06. The maximum absolute atomic E-state index is 12.7. The minimum Gasteiger partial charge on any atom is -0.385 e. The van der Waals surface area contributed by atoms with E-state index in [0.717, 1.165) is 16.6 Å². The SMILES string of the molecule is O=C(c1nc2ccccc2[nH]1)N1CCC(O)(c2ccc(Cl)cc2)CC1. The number of amides is 1. The molecule has 2 N–H and O–H groups in total. The molecule has 2 aromatic carbocycles. The molecule has 2 heterocycles. The largest absolute Gasteiger partial charge is 0.385 e. The van der Waals surface area contributed by atoms with Crippen LogP contribution in [0.25, 0.3) is 11.0 Å². The number of nitrogens with one attached hydrogen (secondary N) is 1. The molecule has 0 unspecified atom stereocenters. The highest BCUT2D eigenvalue weighted by molar-refractivity contribution is 6.30. The minimum absolute atomic E-state index is 0.130. The standard InChI is InChI=1S/C19H18ClN3O2/c20-14-7-5-13(6-8-14)19(25)9-11-23(12-10-19)18(24)17-21-15-3-1-2-4-16(15)22-17/h1-8,25H,9-12H2,(H,21,22). The van der Waals surface area contributed by atoms with Gasteiger partial charge in [0.15, 0.2) is 5.82 Å². The van der Waals surface area contributed by atoms with Gasteiger partial charge in [0.1, 0.15) is 0 Å². The van der Waals surface area contributed by atoms with E-state index in [4.69, 9.17) is 11.6 Å². The van der Waals surface area contributed by atoms with E-state index in [0.29, 0.717) is 36.8 Å². The molecule has 128 valence electrons. The lowest BCUT2D eigenvalue weighted by Gasteiger charge is -2.38. The Morgan fingerprint density at radius 2 is 1.80 bits per heavy atom. The van der Waals surface area contributed by atoms with Crippen LogP contribution in [-0.2, 0) is 5.60 Å². The number of H-pyrrole nitrogens is 1. The Kier molecular flexibility index (Phi) is 3.98. The van der Waals surface area contributed by atoms with Gasteiger partial charge >= 0.3 is 0 Å². The number of aromatic nitrogens is 2. The van der Waals surface area contributed by atoms with Gasteiger partial charge in [0, 0.05) is 18.1 Å². The number of rotatable bonds is 2. The molecule has 1 aliphatic heterocycles. The van der Waals surface area contributed by atoms with Gasteiger partial charge in [-0.2, -0.15) is 0 Å². The normalized spacial score (nSPS) is 17.0. The van der Waals surface area contributed by atoms with Gasteiger partial charge in [-0.3, -0.25) is 4.79 Å². The predicted octanol–water partition coefficient (Wildman–Crippen LogP) is 3.34. The van der Waals surface area contributed by atoms with E-state index in [1.54, 1.807) is 17.0 Å². The number of carbonyl (C=O) groups is 1. The molecular weight excluding hydrogens is 338 g/mol. The first-order valence-corrected chi connectivity index (χ1v) is 8.65. The maximum Gasteiger partial charge on any atom is 0.289 e. The average molecular weight is 356 g/mol. The van der Waals surface area contributed by atoms with Crippen molar-refractivity contribution >= 4 is 28.5 Å². The van der Waals surface area contributed by atoms with Crippen LogP contribution in [-0.4, -0.2) is 39.0 Å². The van der Waals surface area contributed by atoms with Crippen molar-refractivity contribution in [2.45, 2.75) is 18.4 Å². The molecule has 0 atom stereocenters. The van der Waals surface area contributed by atoms with E-state index in [2.05, 4.69) is 9.97 Å². The zero-order chi connectivity index (χ0) is 17.4. The fourth-order valence-corrected chi connectivity index (χ4v) is 3.46. The molecule has 1 saturated heterocycles. The van der Waals surface area contributed by atoms with Gasteiger partial charge in [-0.15, -0.1) is 0 Å². The van der Waals surface area contributed by atoms with E-state index in [1.807, 2.05) is 36.4 Å². The number of nitrogens with zero attached hydrogens (tertiary/aromatic N) is 2. The Morgan fingerprint density at radius 3 is 2.48 bits per heavy atom. The molecule has 0 spiro atoms. The van der Waals surface area contributed by atoms with E-state index in [-0.39, 0.29) is 5.91 Å². The second kappa shape index (κ2) is 6.17. The lowest BCUT2D eigenvalue weighted by atomic mass is 9.84. The topological polar surface area (TPSA) is 69.2 Å². The fraction of sp³-hybridized carbons (Fsp3) is 0.263. The number of carbonyl (C=O) groups excluding carboxylic acids is 1. The first-order valence-electron chi connectivity index (χ1n) is 8.28. The molecule has 6 heteroatoms. The third kappa shape index (κ3) is 3.01. The highest BCUT2D eigenvalue weighted by Gasteiger charge is 2.36. The summed E-state index contributed by atoms with van der Waals surface area (Å²) in [7, 11) is 0. The lowest BCUT2D eigenvalue weighted by Crippen LogP contribution is -2.45. The summed E-state index contributed by atoms with van der Waals surface area (Å²) in [6.45, 7) is 0.962. The Labute approximate surface area is 150 Å². The van der Waals surface area contributed by atoms with Crippen LogP contribution in [0.5, 0.6) is 0 Å². The summed E-state index contributed by atoms with van der Waals surface area (Å²) in [6.07, 6.45) is 0.973. The van der Waals surface area contributed by atoms with Crippen molar-refractivity contribution in [1.29, 1.82) is 0 Å². The quantitative estimate of drug-likeness (QED) is 0.740. The van der Waals surface area contributed by atoms with Crippen LogP contribution in [0, 0.1) is 0 Å². The van der Waals surface area contributed by atoms with Crippen LogP contribution < -0.4 is 0 Å². The molecule has 4 rings (SSSR count). The van der Waals surface area contributed by atoms with Gasteiger partial charge in [0.25, 0.3) is 5.91 Å². The number of para-hydroxylation sites is 2. The van der Waals surface area contributed by atoms with Gasteiger partial charge in [-0.1, -0.05) is 35.9 Å². The second-order valence-corrected chi connectivity index (χ2v) is 6.87. The lowest BCUT2D eigenvalue weighted by molar-refractivity contribution is -0.0213. The first-order chi connectivity index (χ1) is 12.0. The summed E-state index contributed by atoms with van der Waals surface area (Å²) >= 11 is 5.92. The van der Waals surface area contributed by atoms with Crippen molar-refractivity contribution in [2.75, 3.05) is 13.1 Å². The summed E-state index contributed by atoms with van der Waals surface area (Å²) in [5, 5.41) is 11.6. The monoisotopic (exact) mass is 355 g/mol. The molecule has 0 radical (unpaired) electrons. The number of imidazole rings is 1. The van der Waals surface area contributed by atoms with E-state index >= 15 is 0 Å². The zero-order valence-corrected chi connectivity index (χ0v) is 14.3. The fourth-order valence-electron chi connectivity index (χ4n) is 3.33. The van der Waals surface area contributed by atoms with Gasteiger partial charge < -0.3 is 15.0 Å². The molecule has 25 heavy (non-hydrogen) atoms. The summed E-state index contributed by atoms with van der Waals surface area (Å²) in [6, 6.07) is 14.8. The number of aromatic amines is 1. The van der Waals surface area contributed by atoms with Gasteiger partial charge in [0.2, 0.25) is 0 Å². The smallest absolute Gasteiger partial charge is 0.289 e. The number of piperidine rings is 1. The Morgan fingerprint density at radius 1 is 1.12 bits per heavy atom. The van der Waals surface area contributed by atoms with E-state index < -0.39 is 5.60 Å². The second-order valence-electron chi connectivity index (χ2n) is 6.43. The molecule has 5 nitrogen and oxygen atoms in total. The third-order valence-corrected chi connectivity index (χ3v) is 5.10. The van der Waals surface area contributed by atoms with Crippen molar-refractivity contribution in [3.8, 4) is 0 Å². The van der Waals surface area contributed by atoms with Crippen molar-refractivity contribution in [3.63, 3.8) is 0 Å². The molecule has 0 bridgehead atoms. The molecule has 1 aliphatic rings. The van der Waals surface area contributed by atoms with E-state index in [9.17, 15) is 9.90 Å². The molecule has 1 amide bonds. The number of likely N-dealkylation sites (tertiary alicyclic amines) is 1. The van der Waals surface area contributed by atoms with Crippen LogP contribution in [0.4, 0.5) is 0 Å². The van der Waals surface area contributed by atoms with Gasteiger partial charge in [-0.05, 0) is 42.7 Å². The number of benzene rings is 2. The van der Waals surface area contributed by atoms with Crippen LogP contribution in [0.3, 0.4) is 0 Å². The van der Waals surface area contributed by atoms with Gasteiger partial charge in [-0.25, -0.2) is 4.98 Å². The van der Waals surface area contributed by atoms with Gasteiger partial charge in [0.05, 0.1) is 16.6 Å². The highest BCUT2D eigenvalue weighted by atomic mass is 35.5. The number of hydrogen-bond acceptors (Lipinski definition) is 3. The highest BCUT2D eigenvalue weighted by Crippen LogP contribution is 2.33. The Hall–Kier alpha value is -2.37. The number of halogens is 1. The molecule has 0 saturated carbocycles. The molecule has 1 aromatic heterocycles. The zero-order valence-electron chi connectivity index (χ0n) is 13.6. The van der Waals surface area contributed by atoms with Crippen LogP contribution >= 0.6 is 11.6 Å². The Bertz CT molecular complexity index is 879. The predicted molar refractivity (Wildman–Crippen MR) is 96.6 cm³/mol. The third-order valence-electron chi connectivity index (χ3n) is 4.85. The molecular formula is C19H18ClN3O2. The van der Waals surface area contributed by atoms with Crippen molar-refractivity contribution in [1.82, 2.24) is 14.9 Å². The summed E-state index contributed by atoms with van der Waals surface area (Å²) in [4.78, 5) is 21.9. The van der Waals surface area contributed by atoms with E-state index in [1.165, 1.54) is 0 Å². The van der Waals surface area contributed by atoms with Crippen LogP contribution in [0.2, 0.25) is 5.02 Å². The maximum atomic E-state index is 12.7. The Balaban J connectivity index is 1.49. The number of fused-ring (bicyclic) bond motifs is 1. The van der Waals surface area contributed by atoms with Crippen molar-refractivity contribution < 1.29 is 9.90 Å². The van der Waals surface area contributed by atoms with Crippen LogP contribution in [0.1, 0.15) is 29.0 Å². The summed E-state index contributed by atoms with van der Waals surface area (Å²) < 4.78 is 0. The number of hydrogen-bond donors (Lipinski definition) is 2.